The van der Waals surface area contributed by atoms with Gasteiger partial charge < -0.3 is 10.6 Å². The van der Waals surface area contributed by atoms with E-state index in [0.717, 1.165) is 36.2 Å². The van der Waals surface area contributed by atoms with E-state index in [2.05, 4.69) is 58.9 Å². The third kappa shape index (κ3) is 5.10. The minimum Gasteiger partial charge on any atom is -0.357 e. The van der Waals surface area contributed by atoms with Crippen LogP contribution in [0.1, 0.15) is 30.7 Å². The second kappa shape index (κ2) is 8.29. The van der Waals surface area contributed by atoms with Gasteiger partial charge in [0.2, 0.25) is 0 Å². The maximum absolute atomic E-state index is 4.62. The molecule has 2 aromatic heterocycles. The number of hydrogen-bond acceptors (Lipinski definition) is 4. The number of nitrogens with zero attached hydrogens (tertiary/aromatic N) is 2. The van der Waals surface area contributed by atoms with Gasteiger partial charge in [-0.15, -0.1) is 22.7 Å². The number of guanidine groups is 1. The molecule has 0 aliphatic heterocycles. The van der Waals surface area contributed by atoms with Gasteiger partial charge in [-0.2, -0.15) is 0 Å². The molecule has 0 spiro atoms. The van der Waals surface area contributed by atoms with E-state index in [4.69, 9.17) is 0 Å². The molecule has 2 N–H and O–H groups in total. The number of aryl methyl sites for hydroxylation is 1. The molecule has 22 heavy (non-hydrogen) atoms. The SMILES string of the molecule is CCNC(=NCCc1ccc(-c2csc(C)n2)s1)NC(C)C. The van der Waals surface area contributed by atoms with E-state index in [1.165, 1.54) is 9.75 Å². The highest BCUT2D eigenvalue weighted by Crippen LogP contribution is 2.29. The summed E-state index contributed by atoms with van der Waals surface area (Å²) in [5.41, 5.74) is 1.09. The third-order valence-electron chi connectivity index (χ3n) is 2.93. The van der Waals surface area contributed by atoms with Crippen LogP contribution < -0.4 is 10.6 Å². The minimum absolute atomic E-state index is 0.388. The Balaban J connectivity index is 1.92. The first-order valence-corrected chi connectivity index (χ1v) is 9.34. The van der Waals surface area contributed by atoms with Crippen LogP contribution in [0.5, 0.6) is 0 Å². The molecule has 4 nitrogen and oxygen atoms in total. The van der Waals surface area contributed by atoms with Gasteiger partial charge in [0.15, 0.2) is 5.96 Å². The smallest absolute Gasteiger partial charge is 0.191 e. The fourth-order valence-electron chi connectivity index (χ4n) is 2.00. The van der Waals surface area contributed by atoms with E-state index >= 15 is 0 Å². The van der Waals surface area contributed by atoms with Crippen molar-refractivity contribution in [2.45, 2.75) is 40.2 Å². The Morgan fingerprint density at radius 2 is 2.18 bits per heavy atom. The molecule has 2 rings (SSSR count). The molecule has 2 aromatic rings. The lowest BCUT2D eigenvalue weighted by molar-refractivity contribution is 0.700. The Labute approximate surface area is 140 Å². The molecular formula is C16H24N4S2. The van der Waals surface area contributed by atoms with Crippen molar-refractivity contribution in [3.63, 3.8) is 0 Å². The summed E-state index contributed by atoms with van der Waals surface area (Å²) in [6, 6.07) is 4.74. The standard InChI is InChI=1S/C16H24N4S2/c1-5-17-16(19-11(2)3)18-9-8-13-6-7-15(22-13)14-10-21-12(4)20-14/h6-7,10-11H,5,8-9H2,1-4H3,(H2,17,18,19). The summed E-state index contributed by atoms with van der Waals surface area (Å²) in [5, 5.41) is 9.84. The Kier molecular flexibility index (Phi) is 6.39. The van der Waals surface area contributed by atoms with Crippen LogP contribution in [0.2, 0.25) is 0 Å². The molecule has 0 unspecified atom stereocenters. The quantitative estimate of drug-likeness (QED) is 0.625. The summed E-state index contributed by atoms with van der Waals surface area (Å²) in [5.74, 6) is 0.893. The molecule has 0 saturated heterocycles. The fourth-order valence-corrected chi connectivity index (χ4v) is 3.64. The normalized spacial score (nSPS) is 12.0. The van der Waals surface area contributed by atoms with Gasteiger partial charge >= 0.3 is 0 Å². The predicted molar refractivity (Wildman–Crippen MR) is 98.1 cm³/mol. The number of nitrogens with one attached hydrogen (secondary N) is 2. The van der Waals surface area contributed by atoms with Crippen molar-refractivity contribution in [1.82, 2.24) is 15.6 Å². The molecule has 0 aromatic carbocycles. The molecule has 120 valence electrons. The molecule has 6 heteroatoms. The lowest BCUT2D eigenvalue weighted by Crippen LogP contribution is -2.41. The summed E-state index contributed by atoms with van der Waals surface area (Å²) in [6.07, 6.45) is 0.961. The van der Waals surface area contributed by atoms with Gasteiger partial charge in [0.25, 0.3) is 0 Å². The summed E-state index contributed by atoms with van der Waals surface area (Å²) in [6.45, 7) is 10.0. The highest BCUT2D eigenvalue weighted by atomic mass is 32.1. The monoisotopic (exact) mass is 336 g/mol. The first-order chi connectivity index (χ1) is 10.6. The van der Waals surface area contributed by atoms with Gasteiger partial charge in [-0.25, -0.2) is 4.98 Å². The van der Waals surface area contributed by atoms with Crippen LogP contribution in [0.3, 0.4) is 0 Å². The highest BCUT2D eigenvalue weighted by molar-refractivity contribution is 7.16. The molecule has 0 amide bonds. The fraction of sp³-hybridized carbons (Fsp3) is 0.500. The number of hydrogen-bond donors (Lipinski definition) is 2. The second-order valence-electron chi connectivity index (χ2n) is 5.33. The van der Waals surface area contributed by atoms with E-state index in [0.29, 0.717) is 6.04 Å². The van der Waals surface area contributed by atoms with Crippen molar-refractivity contribution in [2.75, 3.05) is 13.1 Å². The molecule has 0 aliphatic carbocycles. The molecule has 0 fully saturated rings. The number of aromatic nitrogens is 1. The van der Waals surface area contributed by atoms with Gasteiger partial charge in [0.1, 0.15) is 0 Å². The van der Waals surface area contributed by atoms with E-state index in [9.17, 15) is 0 Å². The van der Waals surface area contributed by atoms with Crippen molar-refractivity contribution >= 4 is 28.6 Å². The number of thiazole rings is 1. The second-order valence-corrected chi connectivity index (χ2v) is 7.56. The van der Waals surface area contributed by atoms with Gasteiger partial charge in [-0.1, -0.05) is 0 Å². The van der Waals surface area contributed by atoms with Crippen LogP contribution in [-0.2, 0) is 6.42 Å². The first kappa shape index (κ1) is 17.0. The molecular weight excluding hydrogens is 312 g/mol. The van der Waals surface area contributed by atoms with Crippen molar-refractivity contribution < 1.29 is 0 Å². The van der Waals surface area contributed by atoms with Crippen molar-refractivity contribution in [3.05, 3.63) is 27.4 Å². The van der Waals surface area contributed by atoms with Crippen molar-refractivity contribution in [2.24, 2.45) is 4.99 Å². The number of thiophene rings is 1. The van der Waals surface area contributed by atoms with Crippen LogP contribution in [0, 0.1) is 6.92 Å². The molecule has 0 aliphatic rings. The van der Waals surface area contributed by atoms with E-state index in [-0.39, 0.29) is 0 Å². The Hall–Kier alpha value is -1.40. The summed E-state index contributed by atoms with van der Waals surface area (Å²) < 4.78 is 0. The Morgan fingerprint density at radius 1 is 1.36 bits per heavy atom. The largest absolute Gasteiger partial charge is 0.357 e. The lowest BCUT2D eigenvalue weighted by Gasteiger charge is -2.13. The van der Waals surface area contributed by atoms with Gasteiger partial charge in [0.05, 0.1) is 15.6 Å². The maximum atomic E-state index is 4.62. The minimum atomic E-state index is 0.388. The van der Waals surface area contributed by atoms with Crippen molar-refractivity contribution in [3.8, 4) is 10.6 Å². The van der Waals surface area contributed by atoms with Gasteiger partial charge in [-0.3, -0.25) is 4.99 Å². The summed E-state index contributed by atoms with van der Waals surface area (Å²) in [4.78, 5) is 11.8. The average molecular weight is 337 g/mol. The van der Waals surface area contributed by atoms with Crippen molar-refractivity contribution in [1.29, 1.82) is 0 Å². The predicted octanol–water partition coefficient (Wildman–Crippen LogP) is 3.69. The van der Waals surface area contributed by atoms with E-state index in [1.807, 2.05) is 18.3 Å². The molecule has 0 saturated carbocycles. The Morgan fingerprint density at radius 3 is 2.82 bits per heavy atom. The van der Waals surface area contributed by atoms with Gasteiger partial charge in [0, 0.05) is 35.8 Å². The van der Waals surface area contributed by atoms with E-state index in [1.54, 1.807) is 11.3 Å². The van der Waals surface area contributed by atoms with Crippen LogP contribution in [0.15, 0.2) is 22.5 Å². The molecule has 0 bridgehead atoms. The van der Waals surface area contributed by atoms with Crippen LogP contribution in [0.4, 0.5) is 0 Å². The summed E-state index contributed by atoms with van der Waals surface area (Å²) >= 11 is 3.51. The van der Waals surface area contributed by atoms with E-state index < -0.39 is 0 Å². The first-order valence-electron chi connectivity index (χ1n) is 7.64. The molecule has 0 atom stereocenters. The highest BCUT2D eigenvalue weighted by Gasteiger charge is 2.06. The van der Waals surface area contributed by atoms with Crippen LogP contribution >= 0.6 is 22.7 Å². The summed E-state index contributed by atoms with van der Waals surface area (Å²) in [7, 11) is 0. The molecule has 0 radical (unpaired) electrons. The van der Waals surface area contributed by atoms with Crippen LogP contribution in [-0.4, -0.2) is 30.1 Å². The zero-order valence-electron chi connectivity index (χ0n) is 13.6. The number of aliphatic imine (C=N–C) groups is 1. The maximum Gasteiger partial charge on any atom is 0.191 e. The zero-order chi connectivity index (χ0) is 15.9. The molecule has 2 heterocycles. The topological polar surface area (TPSA) is 49.3 Å². The zero-order valence-corrected chi connectivity index (χ0v) is 15.3. The average Bonchev–Trinajstić information content (AvgIpc) is 3.07. The van der Waals surface area contributed by atoms with Crippen LogP contribution in [0.25, 0.3) is 10.6 Å². The third-order valence-corrected chi connectivity index (χ3v) is 4.87. The van der Waals surface area contributed by atoms with Gasteiger partial charge in [-0.05, 0) is 39.8 Å². The lowest BCUT2D eigenvalue weighted by atomic mass is 10.3. The number of rotatable bonds is 6. The Bertz CT molecular complexity index is 613.